The first kappa shape index (κ1) is 12.2. The minimum Gasteiger partial charge on any atom is -0.383 e. The SMILES string of the molecule is Cn1ccnc1[C@@H]1OCC[C@H]1CNc1cccnc1. The van der Waals surface area contributed by atoms with E-state index in [9.17, 15) is 0 Å². The molecule has 19 heavy (non-hydrogen) atoms. The van der Waals surface area contributed by atoms with Crippen LogP contribution in [0.2, 0.25) is 0 Å². The van der Waals surface area contributed by atoms with E-state index >= 15 is 0 Å². The number of aryl methyl sites for hydroxylation is 1. The van der Waals surface area contributed by atoms with E-state index in [1.807, 2.05) is 42.3 Å². The van der Waals surface area contributed by atoms with Gasteiger partial charge in [0.05, 0.1) is 5.69 Å². The largest absolute Gasteiger partial charge is 0.383 e. The lowest BCUT2D eigenvalue weighted by atomic mass is 10.0. The molecule has 3 heterocycles. The van der Waals surface area contributed by atoms with Crippen LogP contribution in [0.1, 0.15) is 18.3 Å². The first-order valence-corrected chi connectivity index (χ1v) is 6.57. The summed E-state index contributed by atoms with van der Waals surface area (Å²) >= 11 is 0. The van der Waals surface area contributed by atoms with Gasteiger partial charge in [0.25, 0.3) is 0 Å². The first-order chi connectivity index (χ1) is 9.34. The minimum absolute atomic E-state index is 0.0872. The number of ether oxygens (including phenoxy) is 1. The van der Waals surface area contributed by atoms with Crippen molar-refractivity contribution in [3.8, 4) is 0 Å². The third kappa shape index (κ3) is 2.61. The summed E-state index contributed by atoms with van der Waals surface area (Å²) in [7, 11) is 2.01. The molecule has 2 aromatic heterocycles. The average molecular weight is 258 g/mol. The van der Waals surface area contributed by atoms with Gasteiger partial charge in [-0.2, -0.15) is 0 Å². The number of hydrogen-bond donors (Lipinski definition) is 1. The molecule has 5 heteroatoms. The van der Waals surface area contributed by atoms with Gasteiger partial charge in [-0.3, -0.25) is 4.98 Å². The van der Waals surface area contributed by atoms with Gasteiger partial charge < -0.3 is 14.6 Å². The van der Waals surface area contributed by atoms with Crippen LogP contribution < -0.4 is 5.32 Å². The zero-order chi connectivity index (χ0) is 13.1. The highest BCUT2D eigenvalue weighted by Gasteiger charge is 2.32. The molecular weight excluding hydrogens is 240 g/mol. The Kier molecular flexibility index (Phi) is 3.46. The fourth-order valence-electron chi connectivity index (χ4n) is 2.50. The second kappa shape index (κ2) is 5.40. The third-order valence-electron chi connectivity index (χ3n) is 3.56. The summed E-state index contributed by atoms with van der Waals surface area (Å²) in [5.41, 5.74) is 1.05. The van der Waals surface area contributed by atoms with Crippen LogP contribution in [0, 0.1) is 5.92 Å². The summed E-state index contributed by atoms with van der Waals surface area (Å²) in [5, 5.41) is 3.42. The molecule has 0 spiro atoms. The quantitative estimate of drug-likeness (QED) is 0.911. The van der Waals surface area contributed by atoms with E-state index in [0.717, 1.165) is 31.1 Å². The fourth-order valence-corrected chi connectivity index (χ4v) is 2.50. The number of pyridine rings is 1. The van der Waals surface area contributed by atoms with Crippen molar-refractivity contribution < 1.29 is 4.74 Å². The van der Waals surface area contributed by atoms with Gasteiger partial charge >= 0.3 is 0 Å². The van der Waals surface area contributed by atoms with Gasteiger partial charge in [-0.15, -0.1) is 0 Å². The lowest BCUT2D eigenvalue weighted by Crippen LogP contribution is -2.20. The van der Waals surface area contributed by atoms with Gasteiger partial charge in [0.15, 0.2) is 0 Å². The van der Waals surface area contributed by atoms with E-state index in [0.29, 0.717) is 5.92 Å². The molecule has 1 N–H and O–H groups in total. The van der Waals surface area contributed by atoms with Crippen molar-refractivity contribution in [1.29, 1.82) is 0 Å². The molecule has 0 amide bonds. The van der Waals surface area contributed by atoms with Crippen LogP contribution in [-0.4, -0.2) is 27.7 Å². The van der Waals surface area contributed by atoms with Gasteiger partial charge in [0.1, 0.15) is 11.9 Å². The Hall–Kier alpha value is -1.88. The maximum absolute atomic E-state index is 5.84. The molecule has 1 aliphatic rings. The highest BCUT2D eigenvalue weighted by atomic mass is 16.5. The summed E-state index contributed by atoms with van der Waals surface area (Å²) < 4.78 is 7.88. The molecule has 5 nitrogen and oxygen atoms in total. The van der Waals surface area contributed by atoms with Gasteiger partial charge in [-0.25, -0.2) is 4.98 Å². The van der Waals surface area contributed by atoms with Gasteiger partial charge in [-0.05, 0) is 18.6 Å². The second-order valence-corrected chi connectivity index (χ2v) is 4.86. The lowest BCUT2D eigenvalue weighted by molar-refractivity contribution is 0.0839. The van der Waals surface area contributed by atoms with Gasteiger partial charge in [0, 0.05) is 50.9 Å². The third-order valence-corrected chi connectivity index (χ3v) is 3.56. The summed E-state index contributed by atoms with van der Waals surface area (Å²) in [6, 6.07) is 3.96. The Labute approximate surface area is 112 Å². The molecule has 0 radical (unpaired) electrons. The summed E-state index contributed by atoms with van der Waals surface area (Å²) in [4.78, 5) is 8.50. The number of nitrogens with one attached hydrogen (secondary N) is 1. The number of aromatic nitrogens is 3. The molecule has 1 saturated heterocycles. The zero-order valence-electron chi connectivity index (χ0n) is 11.0. The summed E-state index contributed by atoms with van der Waals surface area (Å²) in [6.07, 6.45) is 8.55. The Morgan fingerprint density at radius 3 is 3.16 bits per heavy atom. The predicted molar refractivity (Wildman–Crippen MR) is 72.7 cm³/mol. The lowest BCUT2D eigenvalue weighted by Gasteiger charge is -2.19. The molecular formula is C14H18N4O. The number of nitrogens with zero attached hydrogens (tertiary/aromatic N) is 3. The van der Waals surface area contributed by atoms with E-state index in [2.05, 4.69) is 15.3 Å². The standard InChI is InChI=1S/C14H18N4O/c1-18-7-6-16-14(18)13-11(4-8-19-13)9-17-12-3-2-5-15-10-12/h2-3,5-7,10-11,13,17H,4,8-9H2,1H3/t11-,13+/m0/s1. The van der Waals surface area contributed by atoms with Crippen LogP contribution in [0.15, 0.2) is 36.9 Å². The minimum atomic E-state index is 0.0872. The molecule has 1 fully saturated rings. The zero-order valence-corrected chi connectivity index (χ0v) is 11.0. The number of imidazole rings is 1. The van der Waals surface area contributed by atoms with Crippen molar-refractivity contribution >= 4 is 5.69 Å². The summed E-state index contributed by atoms with van der Waals surface area (Å²) in [6.45, 7) is 1.68. The Bertz CT molecular complexity index is 525. The molecule has 2 atom stereocenters. The van der Waals surface area contributed by atoms with Crippen molar-refractivity contribution in [3.05, 3.63) is 42.7 Å². The van der Waals surface area contributed by atoms with Crippen molar-refractivity contribution in [3.63, 3.8) is 0 Å². The highest BCUT2D eigenvalue weighted by molar-refractivity contribution is 5.39. The number of hydrogen-bond acceptors (Lipinski definition) is 4. The maximum atomic E-state index is 5.84. The Balaban J connectivity index is 1.66. The molecule has 0 bridgehead atoms. The molecule has 0 aromatic carbocycles. The van der Waals surface area contributed by atoms with Gasteiger partial charge in [0.2, 0.25) is 0 Å². The van der Waals surface area contributed by atoms with Crippen LogP contribution in [0.5, 0.6) is 0 Å². The van der Waals surface area contributed by atoms with Crippen LogP contribution >= 0.6 is 0 Å². The van der Waals surface area contributed by atoms with Crippen LogP contribution in [0.4, 0.5) is 5.69 Å². The van der Waals surface area contributed by atoms with Crippen LogP contribution in [-0.2, 0) is 11.8 Å². The second-order valence-electron chi connectivity index (χ2n) is 4.86. The smallest absolute Gasteiger partial charge is 0.138 e. The molecule has 0 saturated carbocycles. The maximum Gasteiger partial charge on any atom is 0.138 e. The van der Waals surface area contributed by atoms with Crippen molar-refractivity contribution in [1.82, 2.24) is 14.5 Å². The molecule has 0 aliphatic carbocycles. The van der Waals surface area contributed by atoms with Crippen LogP contribution in [0.25, 0.3) is 0 Å². The number of anilines is 1. The van der Waals surface area contributed by atoms with Crippen molar-refractivity contribution in [2.24, 2.45) is 13.0 Å². The first-order valence-electron chi connectivity index (χ1n) is 6.57. The Morgan fingerprint density at radius 2 is 2.42 bits per heavy atom. The topological polar surface area (TPSA) is 52.0 Å². The van der Waals surface area contributed by atoms with E-state index in [4.69, 9.17) is 4.74 Å². The monoisotopic (exact) mass is 258 g/mol. The predicted octanol–water partition coefficient (Wildman–Crippen LogP) is 2.00. The average Bonchev–Trinajstić information content (AvgIpc) is 3.05. The Morgan fingerprint density at radius 1 is 1.47 bits per heavy atom. The highest BCUT2D eigenvalue weighted by Crippen LogP contribution is 2.33. The molecule has 2 aromatic rings. The van der Waals surface area contributed by atoms with Crippen molar-refractivity contribution in [2.45, 2.75) is 12.5 Å². The fraction of sp³-hybridized carbons (Fsp3) is 0.429. The van der Waals surface area contributed by atoms with E-state index in [1.165, 1.54) is 0 Å². The van der Waals surface area contributed by atoms with E-state index in [1.54, 1.807) is 6.20 Å². The normalized spacial score (nSPS) is 22.6. The van der Waals surface area contributed by atoms with Gasteiger partial charge in [-0.1, -0.05) is 0 Å². The van der Waals surface area contributed by atoms with E-state index in [-0.39, 0.29) is 6.10 Å². The molecule has 100 valence electrons. The molecule has 3 rings (SSSR count). The number of rotatable bonds is 4. The molecule has 1 aliphatic heterocycles. The van der Waals surface area contributed by atoms with Crippen LogP contribution in [0.3, 0.4) is 0 Å². The van der Waals surface area contributed by atoms with Crippen molar-refractivity contribution in [2.75, 3.05) is 18.5 Å². The van der Waals surface area contributed by atoms with E-state index < -0.39 is 0 Å². The molecule has 0 unspecified atom stereocenters. The summed E-state index contributed by atoms with van der Waals surface area (Å²) in [5.74, 6) is 1.46.